The minimum absolute atomic E-state index is 0.109. The molecule has 0 radical (unpaired) electrons. The van der Waals surface area contributed by atoms with E-state index in [0.29, 0.717) is 11.3 Å². The Morgan fingerprint density at radius 3 is 2.83 bits per heavy atom. The minimum atomic E-state index is -0.420. The Morgan fingerprint density at radius 1 is 1.67 bits per heavy atom. The molecule has 1 atom stereocenters. The zero-order valence-corrected chi connectivity index (χ0v) is 6.57. The summed E-state index contributed by atoms with van der Waals surface area (Å²) in [5.74, 6) is 2.45. The molecule has 1 unspecified atom stereocenters. The van der Waals surface area contributed by atoms with Gasteiger partial charge in [0.15, 0.2) is 0 Å². The maximum absolute atomic E-state index is 8.71. The molecule has 0 saturated carbocycles. The zero-order valence-electron chi connectivity index (χ0n) is 6.57. The van der Waals surface area contributed by atoms with E-state index in [1.54, 1.807) is 18.3 Å². The third-order valence-corrected chi connectivity index (χ3v) is 1.53. The molecule has 3 nitrogen and oxygen atoms in total. The van der Waals surface area contributed by atoms with Crippen molar-refractivity contribution < 1.29 is 5.11 Å². The first-order valence-corrected chi connectivity index (χ1v) is 3.57. The summed E-state index contributed by atoms with van der Waals surface area (Å²) in [5, 5.41) is 8.71. The number of rotatable bonds is 2. The maximum atomic E-state index is 8.71. The highest BCUT2D eigenvalue weighted by Crippen LogP contribution is 2.06. The van der Waals surface area contributed by atoms with Crippen molar-refractivity contribution in [2.75, 3.05) is 6.61 Å². The molecule has 0 aromatic carbocycles. The van der Waals surface area contributed by atoms with Gasteiger partial charge in [-0.2, -0.15) is 0 Å². The van der Waals surface area contributed by atoms with Crippen molar-refractivity contribution in [3.63, 3.8) is 0 Å². The Kier molecular flexibility index (Phi) is 2.81. The van der Waals surface area contributed by atoms with Gasteiger partial charge >= 0.3 is 0 Å². The molecule has 1 rings (SSSR count). The second kappa shape index (κ2) is 3.86. The van der Waals surface area contributed by atoms with Crippen molar-refractivity contribution in [3.05, 3.63) is 29.6 Å². The van der Waals surface area contributed by atoms with E-state index in [2.05, 4.69) is 10.9 Å². The highest BCUT2D eigenvalue weighted by molar-refractivity contribution is 5.30. The van der Waals surface area contributed by atoms with Crippen molar-refractivity contribution >= 4 is 0 Å². The Labute approximate surface area is 71.2 Å². The summed E-state index contributed by atoms with van der Waals surface area (Å²) in [6, 6.07) is 3.05. The van der Waals surface area contributed by atoms with Crippen LogP contribution in [0.1, 0.15) is 17.3 Å². The van der Waals surface area contributed by atoms with Gasteiger partial charge in [0.2, 0.25) is 0 Å². The molecular formula is C9H10N2O. The summed E-state index contributed by atoms with van der Waals surface area (Å²) in [5.41, 5.74) is 6.88. The molecule has 0 saturated heterocycles. The summed E-state index contributed by atoms with van der Waals surface area (Å²) in [7, 11) is 0. The number of hydrogen-bond acceptors (Lipinski definition) is 3. The smallest absolute Gasteiger partial charge is 0.0704 e. The van der Waals surface area contributed by atoms with E-state index < -0.39 is 6.04 Å². The predicted octanol–water partition coefficient (Wildman–Crippen LogP) is 0.0550. The quantitative estimate of drug-likeness (QED) is 0.604. The summed E-state index contributed by atoms with van der Waals surface area (Å²) < 4.78 is 0. The SMILES string of the molecule is C#Cc1ccc(C(N)CO)nc1. The summed E-state index contributed by atoms with van der Waals surface area (Å²) >= 11 is 0. The highest BCUT2D eigenvalue weighted by Gasteiger charge is 2.03. The van der Waals surface area contributed by atoms with Crippen molar-refractivity contribution in [2.24, 2.45) is 5.73 Å². The van der Waals surface area contributed by atoms with Gasteiger partial charge in [-0.1, -0.05) is 5.92 Å². The lowest BCUT2D eigenvalue weighted by Gasteiger charge is -2.05. The van der Waals surface area contributed by atoms with Crippen LogP contribution in [0.3, 0.4) is 0 Å². The molecule has 12 heavy (non-hydrogen) atoms. The first-order valence-electron chi connectivity index (χ1n) is 3.57. The van der Waals surface area contributed by atoms with Gasteiger partial charge in [-0.25, -0.2) is 0 Å². The van der Waals surface area contributed by atoms with E-state index in [4.69, 9.17) is 17.3 Å². The number of aliphatic hydroxyl groups is 1. The fourth-order valence-electron chi connectivity index (χ4n) is 0.804. The molecule has 1 aromatic heterocycles. The second-order valence-electron chi connectivity index (χ2n) is 2.41. The number of nitrogens with zero attached hydrogens (tertiary/aromatic N) is 1. The Balaban J connectivity index is 2.86. The molecule has 62 valence electrons. The standard InChI is InChI=1S/C9H10N2O/c1-2-7-3-4-9(11-5-7)8(10)6-12/h1,3-5,8,12H,6,10H2. The van der Waals surface area contributed by atoms with Crippen LogP contribution in [0.25, 0.3) is 0 Å². The monoisotopic (exact) mass is 162 g/mol. The molecule has 0 spiro atoms. The fourth-order valence-corrected chi connectivity index (χ4v) is 0.804. The zero-order chi connectivity index (χ0) is 8.97. The van der Waals surface area contributed by atoms with Gasteiger partial charge in [0.05, 0.1) is 18.3 Å². The minimum Gasteiger partial charge on any atom is -0.394 e. The van der Waals surface area contributed by atoms with Gasteiger partial charge in [-0.3, -0.25) is 4.98 Å². The largest absolute Gasteiger partial charge is 0.394 e. The molecule has 3 heteroatoms. The van der Waals surface area contributed by atoms with Gasteiger partial charge in [-0.05, 0) is 12.1 Å². The van der Waals surface area contributed by atoms with Crippen LogP contribution in [0.4, 0.5) is 0 Å². The number of pyridine rings is 1. The van der Waals surface area contributed by atoms with Gasteiger partial charge in [0, 0.05) is 11.8 Å². The molecular weight excluding hydrogens is 152 g/mol. The van der Waals surface area contributed by atoms with Crippen molar-refractivity contribution in [2.45, 2.75) is 6.04 Å². The number of aromatic nitrogens is 1. The van der Waals surface area contributed by atoms with Crippen molar-refractivity contribution in [1.29, 1.82) is 0 Å². The van der Waals surface area contributed by atoms with Crippen LogP contribution < -0.4 is 5.73 Å². The summed E-state index contributed by atoms with van der Waals surface area (Å²) in [6.07, 6.45) is 6.70. The average molecular weight is 162 g/mol. The van der Waals surface area contributed by atoms with Crippen LogP contribution in [0.5, 0.6) is 0 Å². The van der Waals surface area contributed by atoms with Crippen LogP contribution in [0, 0.1) is 12.3 Å². The van der Waals surface area contributed by atoms with Gasteiger partial charge < -0.3 is 10.8 Å². The van der Waals surface area contributed by atoms with E-state index in [1.165, 1.54) is 0 Å². The number of terminal acetylenes is 1. The van der Waals surface area contributed by atoms with Gasteiger partial charge in [0.1, 0.15) is 0 Å². The Bertz CT molecular complexity index is 286. The lowest BCUT2D eigenvalue weighted by atomic mass is 10.2. The Hall–Kier alpha value is -1.37. The first kappa shape index (κ1) is 8.72. The first-order chi connectivity index (χ1) is 5.77. The Morgan fingerprint density at radius 2 is 2.42 bits per heavy atom. The van der Waals surface area contributed by atoms with E-state index >= 15 is 0 Å². The molecule has 0 fully saturated rings. The molecule has 0 aliphatic carbocycles. The lowest BCUT2D eigenvalue weighted by molar-refractivity contribution is 0.266. The third kappa shape index (κ3) is 1.82. The highest BCUT2D eigenvalue weighted by atomic mass is 16.3. The third-order valence-electron chi connectivity index (χ3n) is 1.53. The van der Waals surface area contributed by atoms with Crippen LogP contribution >= 0.6 is 0 Å². The molecule has 0 amide bonds. The average Bonchev–Trinajstić information content (AvgIpc) is 2.17. The number of nitrogens with two attached hydrogens (primary N) is 1. The second-order valence-corrected chi connectivity index (χ2v) is 2.41. The maximum Gasteiger partial charge on any atom is 0.0704 e. The van der Waals surface area contributed by atoms with Crippen LogP contribution in [0.2, 0.25) is 0 Å². The molecule has 1 aromatic rings. The summed E-state index contributed by atoms with van der Waals surface area (Å²) in [4.78, 5) is 3.99. The van der Waals surface area contributed by atoms with Gasteiger partial charge in [0.25, 0.3) is 0 Å². The van der Waals surface area contributed by atoms with Crippen LogP contribution in [0.15, 0.2) is 18.3 Å². The number of hydrogen-bond donors (Lipinski definition) is 2. The van der Waals surface area contributed by atoms with Crippen molar-refractivity contribution in [1.82, 2.24) is 4.98 Å². The molecule has 3 N–H and O–H groups in total. The predicted molar refractivity (Wildman–Crippen MR) is 46.2 cm³/mol. The van der Waals surface area contributed by atoms with E-state index in [1.807, 2.05) is 0 Å². The van der Waals surface area contributed by atoms with E-state index in [9.17, 15) is 0 Å². The molecule has 0 aliphatic rings. The van der Waals surface area contributed by atoms with Crippen molar-refractivity contribution in [3.8, 4) is 12.3 Å². The topological polar surface area (TPSA) is 59.1 Å². The number of aliphatic hydroxyl groups excluding tert-OH is 1. The molecule has 0 bridgehead atoms. The van der Waals surface area contributed by atoms with E-state index in [0.717, 1.165) is 0 Å². The fraction of sp³-hybridized carbons (Fsp3) is 0.222. The molecule has 0 aliphatic heterocycles. The van der Waals surface area contributed by atoms with E-state index in [-0.39, 0.29) is 6.61 Å². The van der Waals surface area contributed by atoms with Crippen LogP contribution in [-0.4, -0.2) is 16.7 Å². The van der Waals surface area contributed by atoms with Gasteiger partial charge in [-0.15, -0.1) is 6.42 Å². The lowest BCUT2D eigenvalue weighted by Crippen LogP contribution is -2.15. The normalized spacial score (nSPS) is 12.1. The molecule has 1 heterocycles. The van der Waals surface area contributed by atoms with Crippen LogP contribution in [-0.2, 0) is 0 Å². The summed E-state index contributed by atoms with van der Waals surface area (Å²) in [6.45, 7) is -0.109.